The van der Waals surface area contributed by atoms with Crippen LogP contribution in [-0.4, -0.2) is 32.2 Å². The molecule has 0 amide bonds. The van der Waals surface area contributed by atoms with Crippen molar-refractivity contribution in [2.24, 2.45) is 12.8 Å². The minimum Gasteiger partial charge on any atom is -0.490 e. The van der Waals surface area contributed by atoms with Crippen LogP contribution in [0.25, 0.3) is 0 Å². The first kappa shape index (κ1) is 14.3. The molecule has 7 nitrogen and oxygen atoms in total. The average molecular weight is 277 g/mol. The van der Waals surface area contributed by atoms with Gasteiger partial charge in [0.2, 0.25) is 0 Å². The van der Waals surface area contributed by atoms with Crippen LogP contribution < -0.4 is 16.0 Å². The van der Waals surface area contributed by atoms with E-state index in [0.717, 1.165) is 5.69 Å². The molecule has 1 atom stereocenters. The number of ether oxygens (including phenoxy) is 1. The van der Waals surface area contributed by atoms with Crippen molar-refractivity contribution in [3.8, 4) is 5.75 Å². The van der Waals surface area contributed by atoms with E-state index in [1.54, 1.807) is 10.9 Å². The summed E-state index contributed by atoms with van der Waals surface area (Å²) in [5.41, 5.74) is 6.45. The fourth-order valence-electron chi connectivity index (χ4n) is 1.76. The van der Waals surface area contributed by atoms with Gasteiger partial charge in [-0.3, -0.25) is 9.48 Å². The third-order valence-electron chi connectivity index (χ3n) is 2.86. The summed E-state index contributed by atoms with van der Waals surface area (Å²) < 4.78 is 8.55. The van der Waals surface area contributed by atoms with Gasteiger partial charge >= 0.3 is 0 Å². The quantitative estimate of drug-likeness (QED) is 0.799. The highest BCUT2D eigenvalue weighted by molar-refractivity contribution is 5.13. The van der Waals surface area contributed by atoms with E-state index in [-0.39, 0.29) is 11.6 Å². The summed E-state index contributed by atoms with van der Waals surface area (Å²) in [6.45, 7) is 2.70. The van der Waals surface area contributed by atoms with Crippen molar-refractivity contribution in [3.63, 3.8) is 0 Å². The Morgan fingerprint density at radius 1 is 1.45 bits per heavy atom. The van der Waals surface area contributed by atoms with E-state index in [9.17, 15) is 4.79 Å². The predicted molar refractivity (Wildman–Crippen MR) is 74.6 cm³/mol. The maximum atomic E-state index is 11.9. The molecule has 0 bridgehead atoms. The van der Waals surface area contributed by atoms with E-state index in [1.807, 2.05) is 20.0 Å². The van der Waals surface area contributed by atoms with Crippen LogP contribution in [0.3, 0.4) is 0 Å². The molecule has 2 aromatic heterocycles. The highest BCUT2D eigenvalue weighted by Gasteiger charge is 2.04. The van der Waals surface area contributed by atoms with Crippen LogP contribution in [0.4, 0.5) is 0 Å². The number of hydrogen-bond acceptors (Lipinski definition) is 5. The summed E-state index contributed by atoms with van der Waals surface area (Å²) >= 11 is 0. The fourth-order valence-corrected chi connectivity index (χ4v) is 1.76. The van der Waals surface area contributed by atoms with Gasteiger partial charge in [0.1, 0.15) is 12.4 Å². The monoisotopic (exact) mass is 277 g/mol. The highest BCUT2D eigenvalue weighted by atomic mass is 16.5. The van der Waals surface area contributed by atoms with Crippen LogP contribution in [0.5, 0.6) is 5.75 Å². The molecule has 108 valence electrons. The third kappa shape index (κ3) is 3.67. The predicted octanol–water partition coefficient (Wildman–Crippen LogP) is -0.0545. The molecule has 0 aliphatic rings. The minimum absolute atomic E-state index is 0.0812. The average Bonchev–Trinajstić information content (AvgIpc) is 2.81. The number of hydrogen-bond donors (Lipinski definition) is 1. The van der Waals surface area contributed by atoms with Gasteiger partial charge in [-0.25, -0.2) is 4.68 Å². The third-order valence-corrected chi connectivity index (χ3v) is 2.86. The second kappa shape index (κ2) is 6.33. The van der Waals surface area contributed by atoms with Crippen molar-refractivity contribution in [3.05, 3.63) is 40.6 Å². The SMILES string of the molecule is CC(N)COc1cnn(CCc2ccnn2C)c(=O)c1. The maximum absolute atomic E-state index is 11.9. The van der Waals surface area contributed by atoms with Crippen molar-refractivity contribution >= 4 is 0 Å². The second-order valence-electron chi connectivity index (χ2n) is 4.74. The molecule has 0 saturated carbocycles. The maximum Gasteiger partial charge on any atom is 0.270 e. The standard InChI is InChI=1S/C13H19N5O2/c1-10(14)9-20-12-7-13(19)18(16-8-12)6-4-11-3-5-15-17(11)2/h3,5,7-8,10H,4,6,9,14H2,1-2H3. The Kier molecular flexibility index (Phi) is 4.52. The molecule has 0 aliphatic heterocycles. The summed E-state index contributed by atoms with van der Waals surface area (Å²) in [5.74, 6) is 0.448. The number of aromatic nitrogens is 4. The molecule has 1 unspecified atom stereocenters. The van der Waals surface area contributed by atoms with Gasteiger partial charge in [-0.1, -0.05) is 0 Å². The van der Waals surface area contributed by atoms with Crippen LogP contribution in [0.1, 0.15) is 12.6 Å². The zero-order chi connectivity index (χ0) is 14.5. The molecule has 0 saturated heterocycles. The van der Waals surface area contributed by atoms with Gasteiger partial charge in [0.15, 0.2) is 0 Å². The van der Waals surface area contributed by atoms with Crippen LogP contribution in [0, 0.1) is 0 Å². The van der Waals surface area contributed by atoms with Crippen molar-refractivity contribution < 1.29 is 4.74 Å². The lowest BCUT2D eigenvalue weighted by molar-refractivity contribution is 0.292. The van der Waals surface area contributed by atoms with Gasteiger partial charge < -0.3 is 10.5 Å². The van der Waals surface area contributed by atoms with Crippen molar-refractivity contribution in [1.29, 1.82) is 0 Å². The number of nitrogens with two attached hydrogens (primary N) is 1. The summed E-state index contributed by atoms with van der Waals surface area (Å²) in [6, 6.07) is 3.27. The number of nitrogens with zero attached hydrogens (tertiary/aromatic N) is 4. The van der Waals surface area contributed by atoms with Crippen molar-refractivity contribution in [2.75, 3.05) is 6.61 Å². The Hall–Kier alpha value is -2.15. The van der Waals surface area contributed by atoms with E-state index >= 15 is 0 Å². The normalized spacial score (nSPS) is 12.3. The number of aryl methyl sites for hydroxylation is 3. The Morgan fingerprint density at radius 3 is 2.85 bits per heavy atom. The van der Waals surface area contributed by atoms with Gasteiger partial charge in [0.25, 0.3) is 5.56 Å². The van der Waals surface area contributed by atoms with Crippen LogP contribution in [0.2, 0.25) is 0 Å². The van der Waals surface area contributed by atoms with E-state index in [2.05, 4.69) is 10.2 Å². The minimum atomic E-state index is -0.186. The van der Waals surface area contributed by atoms with Gasteiger partial charge in [-0.05, 0) is 13.0 Å². The molecule has 2 aromatic rings. The lowest BCUT2D eigenvalue weighted by Crippen LogP contribution is -2.26. The smallest absolute Gasteiger partial charge is 0.270 e. The summed E-state index contributed by atoms with van der Waals surface area (Å²) in [4.78, 5) is 11.9. The molecule has 0 spiro atoms. The van der Waals surface area contributed by atoms with Crippen LogP contribution in [-0.2, 0) is 20.0 Å². The molecule has 0 radical (unpaired) electrons. The molecule has 0 aromatic carbocycles. The first-order valence-corrected chi connectivity index (χ1v) is 6.48. The Morgan fingerprint density at radius 2 is 2.25 bits per heavy atom. The largest absolute Gasteiger partial charge is 0.490 e. The molecule has 0 fully saturated rings. The molecule has 20 heavy (non-hydrogen) atoms. The Labute approximate surface area is 117 Å². The molecule has 2 rings (SSSR count). The van der Waals surface area contributed by atoms with Crippen LogP contribution >= 0.6 is 0 Å². The lowest BCUT2D eigenvalue weighted by atomic mass is 10.3. The van der Waals surface area contributed by atoms with Gasteiger partial charge in [-0.2, -0.15) is 10.2 Å². The summed E-state index contributed by atoms with van der Waals surface area (Å²) in [6.07, 6.45) is 3.97. The fraction of sp³-hybridized carbons (Fsp3) is 0.462. The Bertz CT molecular complexity index is 617. The Balaban J connectivity index is 1.99. The zero-order valence-electron chi connectivity index (χ0n) is 11.7. The topological polar surface area (TPSA) is 88.0 Å². The summed E-state index contributed by atoms with van der Waals surface area (Å²) in [5, 5.41) is 8.18. The van der Waals surface area contributed by atoms with E-state index in [1.165, 1.54) is 16.9 Å². The molecule has 2 N–H and O–H groups in total. The summed E-state index contributed by atoms with van der Waals surface area (Å²) in [7, 11) is 1.87. The molecule has 7 heteroatoms. The number of rotatable bonds is 6. The van der Waals surface area contributed by atoms with E-state index < -0.39 is 0 Å². The molecular formula is C13H19N5O2. The highest BCUT2D eigenvalue weighted by Crippen LogP contribution is 2.04. The first-order chi connectivity index (χ1) is 9.56. The lowest BCUT2D eigenvalue weighted by Gasteiger charge is -2.09. The van der Waals surface area contributed by atoms with Gasteiger partial charge in [0, 0.05) is 37.5 Å². The van der Waals surface area contributed by atoms with E-state index in [0.29, 0.717) is 25.3 Å². The molecular weight excluding hydrogens is 258 g/mol. The van der Waals surface area contributed by atoms with Gasteiger partial charge in [0.05, 0.1) is 12.7 Å². The molecule has 0 aliphatic carbocycles. The van der Waals surface area contributed by atoms with Crippen molar-refractivity contribution in [1.82, 2.24) is 19.6 Å². The second-order valence-corrected chi connectivity index (χ2v) is 4.74. The van der Waals surface area contributed by atoms with Crippen LogP contribution in [0.15, 0.2) is 29.3 Å². The van der Waals surface area contributed by atoms with Gasteiger partial charge in [-0.15, -0.1) is 0 Å². The first-order valence-electron chi connectivity index (χ1n) is 6.48. The van der Waals surface area contributed by atoms with Crippen molar-refractivity contribution in [2.45, 2.75) is 25.9 Å². The molecule has 2 heterocycles. The zero-order valence-corrected chi connectivity index (χ0v) is 11.7. The van der Waals surface area contributed by atoms with E-state index in [4.69, 9.17) is 10.5 Å².